The van der Waals surface area contributed by atoms with Gasteiger partial charge in [0.15, 0.2) is 0 Å². The molecule has 0 aliphatic carbocycles. The summed E-state index contributed by atoms with van der Waals surface area (Å²) >= 11 is 5.78. The lowest BCUT2D eigenvalue weighted by atomic mass is 10.1. The largest absolute Gasteiger partial charge is 0.388 e. The third kappa shape index (κ3) is 3.18. The van der Waals surface area contributed by atoms with Gasteiger partial charge < -0.3 is 9.67 Å². The summed E-state index contributed by atoms with van der Waals surface area (Å²) in [5, 5.41) is 21.1. The molecule has 20 heavy (non-hydrogen) atoms. The Bertz CT molecular complexity index is 625. The molecule has 0 aliphatic heterocycles. The Morgan fingerprint density at radius 1 is 1.45 bits per heavy atom. The lowest BCUT2D eigenvalue weighted by Gasteiger charge is -2.06. The van der Waals surface area contributed by atoms with Crippen molar-refractivity contribution in [1.82, 2.24) is 4.57 Å². The van der Waals surface area contributed by atoms with E-state index in [0.29, 0.717) is 23.6 Å². The van der Waals surface area contributed by atoms with Crippen molar-refractivity contribution in [2.24, 2.45) is 0 Å². The fourth-order valence-electron chi connectivity index (χ4n) is 2.03. The molecule has 1 N–H and O–H groups in total. The molecule has 1 heterocycles. The van der Waals surface area contributed by atoms with Gasteiger partial charge in [-0.25, -0.2) is 0 Å². The van der Waals surface area contributed by atoms with Gasteiger partial charge >= 0.3 is 0 Å². The van der Waals surface area contributed by atoms with Crippen molar-refractivity contribution >= 4 is 17.3 Å². The zero-order valence-corrected chi connectivity index (χ0v) is 11.7. The fraction of sp³-hybridized carbons (Fsp3) is 0.286. The topological polar surface area (TPSA) is 68.3 Å². The highest BCUT2D eigenvalue weighted by molar-refractivity contribution is 6.30. The molecule has 0 radical (unpaired) electrons. The standard InChI is InChI=1S/C14H15ClN2O3/c1-2-14(18)11-5-6-16(9-11)8-10-3-4-12(15)7-13(10)17(19)20/h3-7,9,14,18H,2,8H2,1H3. The summed E-state index contributed by atoms with van der Waals surface area (Å²) in [5.41, 5.74) is 1.39. The Hall–Kier alpha value is -1.85. The summed E-state index contributed by atoms with van der Waals surface area (Å²) in [6.07, 6.45) is 3.72. The summed E-state index contributed by atoms with van der Waals surface area (Å²) in [6.45, 7) is 2.26. The molecule has 1 unspecified atom stereocenters. The minimum Gasteiger partial charge on any atom is -0.388 e. The molecule has 0 saturated carbocycles. The van der Waals surface area contributed by atoms with Crippen molar-refractivity contribution in [3.8, 4) is 0 Å². The van der Waals surface area contributed by atoms with Gasteiger partial charge in [-0.1, -0.05) is 18.5 Å². The number of nitro benzene ring substituents is 1. The van der Waals surface area contributed by atoms with Crippen molar-refractivity contribution in [2.45, 2.75) is 26.0 Å². The monoisotopic (exact) mass is 294 g/mol. The number of aliphatic hydroxyl groups is 1. The van der Waals surface area contributed by atoms with Gasteiger partial charge in [-0.15, -0.1) is 0 Å². The Morgan fingerprint density at radius 2 is 2.20 bits per heavy atom. The Morgan fingerprint density at radius 3 is 2.85 bits per heavy atom. The molecule has 2 rings (SSSR count). The maximum Gasteiger partial charge on any atom is 0.275 e. The van der Waals surface area contributed by atoms with Gasteiger partial charge in [0.2, 0.25) is 0 Å². The van der Waals surface area contributed by atoms with Gasteiger partial charge in [0.05, 0.1) is 17.6 Å². The van der Waals surface area contributed by atoms with E-state index in [9.17, 15) is 15.2 Å². The molecular weight excluding hydrogens is 280 g/mol. The van der Waals surface area contributed by atoms with Crippen LogP contribution in [0.5, 0.6) is 0 Å². The number of hydrogen-bond acceptors (Lipinski definition) is 3. The minimum atomic E-state index is -0.503. The van der Waals surface area contributed by atoms with Crippen LogP contribution in [-0.4, -0.2) is 14.6 Å². The highest BCUT2D eigenvalue weighted by atomic mass is 35.5. The average Bonchev–Trinajstić information content (AvgIpc) is 2.88. The predicted octanol–water partition coefficient (Wildman–Crippen LogP) is 3.54. The maximum atomic E-state index is 11.0. The maximum absolute atomic E-state index is 11.0. The SMILES string of the molecule is CCC(O)c1ccn(Cc2ccc(Cl)cc2[N+](=O)[O-])c1. The summed E-state index contributed by atoms with van der Waals surface area (Å²) in [5.74, 6) is 0. The molecule has 5 nitrogen and oxygen atoms in total. The van der Waals surface area contributed by atoms with Crippen LogP contribution in [0.4, 0.5) is 5.69 Å². The zero-order chi connectivity index (χ0) is 14.7. The van der Waals surface area contributed by atoms with E-state index in [2.05, 4.69) is 0 Å². The molecule has 0 spiro atoms. The van der Waals surface area contributed by atoms with Crippen LogP contribution in [0, 0.1) is 10.1 Å². The second-order valence-corrected chi connectivity index (χ2v) is 5.01. The Kier molecular flexibility index (Phi) is 4.42. The average molecular weight is 295 g/mol. The van der Waals surface area contributed by atoms with Crippen LogP contribution >= 0.6 is 11.6 Å². The number of benzene rings is 1. The molecule has 0 fully saturated rings. The molecule has 0 saturated heterocycles. The van der Waals surface area contributed by atoms with E-state index in [1.165, 1.54) is 6.07 Å². The first-order valence-corrected chi connectivity index (χ1v) is 6.65. The molecule has 106 valence electrons. The number of halogens is 1. The van der Waals surface area contributed by atoms with Crippen LogP contribution in [0.1, 0.15) is 30.6 Å². The summed E-state index contributed by atoms with van der Waals surface area (Å²) in [6, 6.07) is 6.45. The van der Waals surface area contributed by atoms with E-state index in [1.54, 1.807) is 24.5 Å². The molecule has 1 aromatic heterocycles. The Labute approximate surface area is 121 Å². The lowest BCUT2D eigenvalue weighted by Crippen LogP contribution is -2.01. The van der Waals surface area contributed by atoms with E-state index in [-0.39, 0.29) is 5.69 Å². The van der Waals surface area contributed by atoms with E-state index >= 15 is 0 Å². The van der Waals surface area contributed by atoms with Gasteiger partial charge in [0, 0.05) is 29.0 Å². The predicted molar refractivity (Wildman–Crippen MR) is 76.9 cm³/mol. The first-order chi connectivity index (χ1) is 9.51. The summed E-state index contributed by atoms with van der Waals surface area (Å²) in [4.78, 5) is 10.6. The molecular formula is C14H15ClN2O3. The Balaban J connectivity index is 2.26. The molecule has 0 bridgehead atoms. The minimum absolute atomic E-state index is 0.00351. The van der Waals surface area contributed by atoms with E-state index in [1.807, 2.05) is 17.6 Å². The fourth-order valence-corrected chi connectivity index (χ4v) is 2.19. The second kappa shape index (κ2) is 6.07. The number of nitro groups is 1. The van der Waals surface area contributed by atoms with E-state index < -0.39 is 11.0 Å². The van der Waals surface area contributed by atoms with Crippen molar-refractivity contribution in [1.29, 1.82) is 0 Å². The van der Waals surface area contributed by atoms with Crippen LogP contribution in [0.25, 0.3) is 0 Å². The number of aromatic nitrogens is 1. The summed E-state index contributed by atoms with van der Waals surface area (Å²) < 4.78 is 1.81. The quantitative estimate of drug-likeness (QED) is 0.677. The van der Waals surface area contributed by atoms with Crippen LogP contribution in [-0.2, 0) is 6.54 Å². The summed E-state index contributed by atoms with van der Waals surface area (Å²) in [7, 11) is 0. The number of hydrogen-bond donors (Lipinski definition) is 1. The highest BCUT2D eigenvalue weighted by Crippen LogP contribution is 2.25. The van der Waals surface area contributed by atoms with Crippen molar-refractivity contribution in [3.05, 3.63) is 62.9 Å². The molecule has 6 heteroatoms. The van der Waals surface area contributed by atoms with Gasteiger partial charge in [-0.05, 0) is 30.2 Å². The van der Waals surface area contributed by atoms with Crippen molar-refractivity contribution < 1.29 is 10.0 Å². The van der Waals surface area contributed by atoms with Gasteiger partial charge in [0.1, 0.15) is 0 Å². The molecule has 1 atom stereocenters. The first kappa shape index (κ1) is 14.6. The van der Waals surface area contributed by atoms with Gasteiger partial charge in [0.25, 0.3) is 5.69 Å². The number of aliphatic hydroxyl groups excluding tert-OH is 1. The highest BCUT2D eigenvalue weighted by Gasteiger charge is 2.15. The van der Waals surface area contributed by atoms with Crippen LogP contribution in [0.15, 0.2) is 36.7 Å². The number of nitrogens with zero attached hydrogens (tertiary/aromatic N) is 2. The molecule has 2 aromatic rings. The van der Waals surface area contributed by atoms with Crippen molar-refractivity contribution in [2.75, 3.05) is 0 Å². The van der Waals surface area contributed by atoms with Crippen LogP contribution in [0.3, 0.4) is 0 Å². The number of rotatable bonds is 5. The van der Waals surface area contributed by atoms with E-state index in [0.717, 1.165) is 5.56 Å². The van der Waals surface area contributed by atoms with E-state index in [4.69, 9.17) is 11.6 Å². The van der Waals surface area contributed by atoms with Crippen LogP contribution in [0.2, 0.25) is 5.02 Å². The normalized spacial score (nSPS) is 12.3. The third-order valence-corrected chi connectivity index (χ3v) is 3.38. The third-order valence-electron chi connectivity index (χ3n) is 3.14. The lowest BCUT2D eigenvalue weighted by molar-refractivity contribution is -0.385. The molecule has 0 amide bonds. The van der Waals surface area contributed by atoms with Crippen LogP contribution < -0.4 is 0 Å². The molecule has 0 aliphatic rings. The van der Waals surface area contributed by atoms with Crippen molar-refractivity contribution in [3.63, 3.8) is 0 Å². The van der Waals surface area contributed by atoms with Gasteiger partial charge in [-0.2, -0.15) is 0 Å². The molecule has 1 aromatic carbocycles. The van der Waals surface area contributed by atoms with Gasteiger partial charge in [-0.3, -0.25) is 10.1 Å². The smallest absolute Gasteiger partial charge is 0.275 e. The zero-order valence-electron chi connectivity index (χ0n) is 11.0. The second-order valence-electron chi connectivity index (χ2n) is 4.57. The first-order valence-electron chi connectivity index (χ1n) is 6.27.